The molecule has 4 nitrogen and oxygen atoms in total. The summed E-state index contributed by atoms with van der Waals surface area (Å²) in [5.74, 6) is -0.0191. The molecule has 0 saturated carbocycles. The Morgan fingerprint density at radius 3 is 2.92 bits per heavy atom. The van der Waals surface area contributed by atoms with Crippen LogP contribution in [0.15, 0.2) is 36.3 Å². The molecule has 1 amide bonds. The van der Waals surface area contributed by atoms with Gasteiger partial charge in [-0.1, -0.05) is 0 Å². The topological polar surface area (TPSA) is 35.6 Å². The number of allylic oxidation sites excluding steroid dienone is 2. The summed E-state index contributed by atoms with van der Waals surface area (Å²) in [5, 5.41) is 6.31. The number of likely N-dealkylation sites (N-methyl/N-ethyl adjacent to an activating group) is 1. The number of hydrogen-bond acceptors (Lipinski definition) is 3. The normalized spacial score (nSPS) is 20.1. The Kier molecular flexibility index (Phi) is 1.81. The molecule has 0 aliphatic carbocycles. The molecule has 0 atom stereocenters. The number of nitrogens with zero attached hydrogens (tertiary/aromatic N) is 2. The van der Waals surface area contributed by atoms with Crippen LogP contribution in [-0.4, -0.2) is 29.5 Å². The molecule has 2 aliphatic rings. The van der Waals surface area contributed by atoms with Gasteiger partial charge >= 0.3 is 0 Å². The highest BCUT2D eigenvalue weighted by Gasteiger charge is 2.24. The molecule has 2 rings (SSSR count). The van der Waals surface area contributed by atoms with Crippen molar-refractivity contribution in [3.05, 3.63) is 36.3 Å². The minimum absolute atomic E-state index is 0.0191. The number of fused-ring (bicyclic) bond motifs is 1. The summed E-state index contributed by atoms with van der Waals surface area (Å²) < 4.78 is 0. The first-order valence-electron chi connectivity index (χ1n) is 4.16. The van der Waals surface area contributed by atoms with Gasteiger partial charge in [-0.2, -0.15) is 0 Å². The predicted octanol–water partition coefficient (Wildman–Crippen LogP) is 0.190. The van der Waals surface area contributed by atoms with E-state index in [0.717, 1.165) is 6.54 Å². The molecule has 0 fully saturated rings. The Morgan fingerprint density at radius 1 is 1.38 bits per heavy atom. The standard InChI is InChI=1S/C9H11N3O/c1-10-8-4-7-11-5-2-3-6-12(11)9(8)13/h2-6,10H,7H2,1H3. The van der Waals surface area contributed by atoms with Gasteiger partial charge in [0.1, 0.15) is 0 Å². The molecule has 0 unspecified atom stereocenters. The van der Waals surface area contributed by atoms with Gasteiger partial charge in [-0.25, -0.2) is 5.01 Å². The molecule has 0 aromatic rings. The summed E-state index contributed by atoms with van der Waals surface area (Å²) in [6.45, 7) is 0.725. The maximum absolute atomic E-state index is 11.7. The van der Waals surface area contributed by atoms with Crippen LogP contribution < -0.4 is 5.32 Å². The number of carbonyl (C=O) groups is 1. The van der Waals surface area contributed by atoms with Gasteiger partial charge in [0.25, 0.3) is 5.91 Å². The third kappa shape index (κ3) is 1.20. The van der Waals surface area contributed by atoms with Gasteiger partial charge in [0.05, 0.1) is 12.2 Å². The second kappa shape index (κ2) is 2.97. The lowest BCUT2D eigenvalue weighted by Crippen LogP contribution is -2.46. The third-order valence-electron chi connectivity index (χ3n) is 2.06. The average molecular weight is 177 g/mol. The first kappa shape index (κ1) is 7.91. The average Bonchev–Trinajstić information content (AvgIpc) is 2.19. The van der Waals surface area contributed by atoms with Crippen LogP contribution in [0.3, 0.4) is 0 Å². The molecule has 13 heavy (non-hydrogen) atoms. The predicted molar refractivity (Wildman–Crippen MR) is 49.0 cm³/mol. The summed E-state index contributed by atoms with van der Waals surface area (Å²) in [5.41, 5.74) is 0.649. The molecular weight excluding hydrogens is 166 g/mol. The van der Waals surface area contributed by atoms with Crippen LogP contribution in [-0.2, 0) is 4.79 Å². The van der Waals surface area contributed by atoms with Crippen molar-refractivity contribution in [2.24, 2.45) is 0 Å². The SMILES string of the molecule is CNC1=CCN2C=CC=CN2C1=O. The Bertz CT molecular complexity index is 317. The summed E-state index contributed by atoms with van der Waals surface area (Å²) in [7, 11) is 1.75. The van der Waals surface area contributed by atoms with Crippen molar-refractivity contribution < 1.29 is 4.79 Å². The maximum atomic E-state index is 11.7. The van der Waals surface area contributed by atoms with Crippen LogP contribution in [0.2, 0.25) is 0 Å². The van der Waals surface area contributed by atoms with E-state index in [1.54, 1.807) is 18.3 Å². The van der Waals surface area contributed by atoms with E-state index in [1.165, 1.54) is 0 Å². The van der Waals surface area contributed by atoms with E-state index in [0.29, 0.717) is 5.70 Å². The maximum Gasteiger partial charge on any atom is 0.292 e. The van der Waals surface area contributed by atoms with Gasteiger partial charge in [0.2, 0.25) is 0 Å². The van der Waals surface area contributed by atoms with Crippen LogP contribution in [0.25, 0.3) is 0 Å². The monoisotopic (exact) mass is 177 g/mol. The Balaban J connectivity index is 2.28. The fourth-order valence-corrected chi connectivity index (χ4v) is 1.38. The first-order valence-corrected chi connectivity index (χ1v) is 4.16. The molecule has 4 heteroatoms. The summed E-state index contributed by atoms with van der Waals surface area (Å²) in [4.78, 5) is 11.7. The van der Waals surface area contributed by atoms with Crippen molar-refractivity contribution in [2.75, 3.05) is 13.6 Å². The molecule has 2 heterocycles. The lowest BCUT2D eigenvalue weighted by atomic mass is 10.3. The quantitative estimate of drug-likeness (QED) is 0.621. The van der Waals surface area contributed by atoms with Gasteiger partial charge in [0, 0.05) is 19.4 Å². The van der Waals surface area contributed by atoms with Crippen molar-refractivity contribution in [1.29, 1.82) is 0 Å². The number of hydrazine groups is 1. The van der Waals surface area contributed by atoms with Crippen LogP contribution in [0.4, 0.5) is 0 Å². The fraction of sp³-hybridized carbons (Fsp3) is 0.222. The van der Waals surface area contributed by atoms with Crippen LogP contribution in [0.5, 0.6) is 0 Å². The van der Waals surface area contributed by atoms with Gasteiger partial charge in [-0.15, -0.1) is 0 Å². The van der Waals surface area contributed by atoms with Crippen LogP contribution in [0, 0.1) is 0 Å². The van der Waals surface area contributed by atoms with E-state index in [-0.39, 0.29) is 5.91 Å². The molecule has 0 radical (unpaired) electrons. The summed E-state index contributed by atoms with van der Waals surface area (Å²) in [6, 6.07) is 0. The van der Waals surface area contributed by atoms with Crippen molar-refractivity contribution in [3.63, 3.8) is 0 Å². The lowest BCUT2D eigenvalue weighted by molar-refractivity contribution is -0.136. The largest absolute Gasteiger partial charge is 0.384 e. The minimum Gasteiger partial charge on any atom is -0.384 e. The molecule has 0 spiro atoms. The van der Waals surface area contributed by atoms with E-state index in [1.807, 2.05) is 29.4 Å². The van der Waals surface area contributed by atoms with E-state index in [2.05, 4.69) is 5.32 Å². The molecular formula is C9H11N3O. The third-order valence-corrected chi connectivity index (χ3v) is 2.06. The molecule has 2 aliphatic heterocycles. The zero-order valence-corrected chi connectivity index (χ0v) is 7.40. The molecule has 68 valence electrons. The molecule has 0 bridgehead atoms. The van der Waals surface area contributed by atoms with E-state index >= 15 is 0 Å². The Labute approximate surface area is 76.8 Å². The van der Waals surface area contributed by atoms with Crippen molar-refractivity contribution >= 4 is 5.91 Å². The van der Waals surface area contributed by atoms with Crippen molar-refractivity contribution in [2.45, 2.75) is 0 Å². The minimum atomic E-state index is -0.0191. The van der Waals surface area contributed by atoms with E-state index in [4.69, 9.17) is 0 Å². The molecule has 0 aromatic carbocycles. The van der Waals surface area contributed by atoms with Crippen molar-refractivity contribution in [3.8, 4) is 0 Å². The summed E-state index contributed by atoms with van der Waals surface area (Å²) >= 11 is 0. The van der Waals surface area contributed by atoms with E-state index < -0.39 is 0 Å². The Morgan fingerprint density at radius 2 is 2.15 bits per heavy atom. The molecule has 1 N–H and O–H groups in total. The van der Waals surface area contributed by atoms with Gasteiger partial charge < -0.3 is 5.32 Å². The number of carbonyl (C=O) groups excluding carboxylic acids is 1. The van der Waals surface area contributed by atoms with Gasteiger partial charge in [-0.3, -0.25) is 9.80 Å². The Hall–Kier alpha value is -1.71. The van der Waals surface area contributed by atoms with Gasteiger partial charge in [-0.05, 0) is 18.2 Å². The number of amides is 1. The summed E-state index contributed by atoms with van der Waals surface area (Å²) in [6.07, 6.45) is 9.25. The van der Waals surface area contributed by atoms with E-state index in [9.17, 15) is 4.79 Å². The highest BCUT2D eigenvalue weighted by molar-refractivity contribution is 5.94. The van der Waals surface area contributed by atoms with Gasteiger partial charge in [0.15, 0.2) is 0 Å². The lowest BCUT2D eigenvalue weighted by Gasteiger charge is -2.35. The number of hydrogen-bond donors (Lipinski definition) is 1. The molecule has 0 aromatic heterocycles. The highest BCUT2D eigenvalue weighted by Crippen LogP contribution is 2.14. The zero-order valence-electron chi connectivity index (χ0n) is 7.40. The van der Waals surface area contributed by atoms with Crippen LogP contribution >= 0.6 is 0 Å². The second-order valence-corrected chi connectivity index (χ2v) is 2.82. The molecule has 0 saturated heterocycles. The first-order chi connectivity index (χ1) is 6.33. The second-order valence-electron chi connectivity index (χ2n) is 2.82. The van der Waals surface area contributed by atoms with Crippen molar-refractivity contribution in [1.82, 2.24) is 15.3 Å². The highest BCUT2D eigenvalue weighted by atomic mass is 16.2. The number of nitrogens with one attached hydrogen (secondary N) is 1. The smallest absolute Gasteiger partial charge is 0.292 e. The zero-order chi connectivity index (χ0) is 9.26. The number of rotatable bonds is 1. The fourth-order valence-electron chi connectivity index (χ4n) is 1.38. The van der Waals surface area contributed by atoms with Crippen LogP contribution in [0.1, 0.15) is 0 Å².